The van der Waals surface area contributed by atoms with Gasteiger partial charge in [-0.2, -0.15) is 5.26 Å². The topological polar surface area (TPSA) is 82.9 Å². The van der Waals surface area contributed by atoms with Gasteiger partial charge in [0.25, 0.3) is 0 Å². The average Bonchev–Trinajstić information content (AvgIpc) is 2.78. The SMILES string of the molecule is N#Cc1ccc(CCNCC2CNc3cccnc3O2)cn1.c1ccccc1. The summed E-state index contributed by atoms with van der Waals surface area (Å²) in [6.45, 7) is 2.36. The molecular formula is C22H23N5O. The number of rotatable bonds is 5. The van der Waals surface area contributed by atoms with E-state index in [0.717, 1.165) is 37.3 Å². The highest BCUT2D eigenvalue weighted by Gasteiger charge is 2.19. The summed E-state index contributed by atoms with van der Waals surface area (Å²) in [7, 11) is 0. The molecule has 1 atom stereocenters. The molecule has 28 heavy (non-hydrogen) atoms. The summed E-state index contributed by atoms with van der Waals surface area (Å²) in [6.07, 6.45) is 4.42. The molecule has 0 bridgehead atoms. The summed E-state index contributed by atoms with van der Waals surface area (Å²) in [5.41, 5.74) is 2.51. The van der Waals surface area contributed by atoms with Crippen molar-refractivity contribution in [2.45, 2.75) is 12.5 Å². The van der Waals surface area contributed by atoms with E-state index in [2.05, 4.69) is 20.6 Å². The third kappa shape index (κ3) is 6.08. The predicted octanol–water partition coefficient (Wildman–Crippen LogP) is 3.04. The molecule has 1 aliphatic rings. The zero-order chi connectivity index (χ0) is 19.4. The highest BCUT2D eigenvalue weighted by molar-refractivity contribution is 5.53. The second-order valence-electron chi connectivity index (χ2n) is 6.25. The van der Waals surface area contributed by atoms with Gasteiger partial charge >= 0.3 is 0 Å². The van der Waals surface area contributed by atoms with E-state index in [-0.39, 0.29) is 6.10 Å². The maximum absolute atomic E-state index is 8.71. The van der Waals surface area contributed by atoms with Crippen molar-refractivity contribution in [3.63, 3.8) is 0 Å². The standard InChI is InChI=1S/C16H17N5O.C6H6/c17-8-13-4-3-12(9-20-13)5-7-18-10-14-11-21-15-2-1-6-19-16(15)22-14;1-2-4-6-5-3-1/h1-4,6,9,14,18,21H,5,7,10-11H2;1-6H. The summed E-state index contributed by atoms with van der Waals surface area (Å²) >= 11 is 0. The Morgan fingerprint density at radius 1 is 1.07 bits per heavy atom. The van der Waals surface area contributed by atoms with Crippen LogP contribution in [0.1, 0.15) is 11.3 Å². The molecular weight excluding hydrogens is 350 g/mol. The molecule has 1 aliphatic heterocycles. The van der Waals surface area contributed by atoms with Crippen molar-refractivity contribution < 1.29 is 4.74 Å². The van der Waals surface area contributed by atoms with Crippen LogP contribution in [0.15, 0.2) is 73.1 Å². The van der Waals surface area contributed by atoms with E-state index in [1.165, 1.54) is 0 Å². The molecule has 6 nitrogen and oxygen atoms in total. The lowest BCUT2D eigenvalue weighted by Gasteiger charge is -2.26. The first kappa shape index (κ1) is 19.3. The van der Waals surface area contributed by atoms with Gasteiger partial charge in [-0.1, -0.05) is 42.5 Å². The number of nitriles is 1. The quantitative estimate of drug-likeness (QED) is 0.669. The van der Waals surface area contributed by atoms with E-state index in [1.54, 1.807) is 18.5 Å². The van der Waals surface area contributed by atoms with Crippen molar-refractivity contribution >= 4 is 5.69 Å². The van der Waals surface area contributed by atoms with Gasteiger partial charge in [0.05, 0.1) is 12.2 Å². The van der Waals surface area contributed by atoms with E-state index >= 15 is 0 Å². The van der Waals surface area contributed by atoms with Crippen molar-refractivity contribution in [3.8, 4) is 11.9 Å². The second-order valence-corrected chi connectivity index (χ2v) is 6.25. The fraction of sp³-hybridized carbons (Fsp3) is 0.227. The molecule has 142 valence electrons. The lowest BCUT2D eigenvalue weighted by Crippen LogP contribution is -2.40. The molecule has 1 aromatic carbocycles. The van der Waals surface area contributed by atoms with Crippen LogP contribution >= 0.6 is 0 Å². The number of fused-ring (bicyclic) bond motifs is 1. The maximum Gasteiger partial charge on any atom is 0.237 e. The van der Waals surface area contributed by atoms with Gasteiger partial charge in [-0.15, -0.1) is 0 Å². The summed E-state index contributed by atoms with van der Waals surface area (Å²) in [6, 6.07) is 21.5. The van der Waals surface area contributed by atoms with Gasteiger partial charge in [0.1, 0.15) is 17.9 Å². The Kier molecular flexibility index (Phi) is 7.36. The van der Waals surface area contributed by atoms with Gasteiger partial charge < -0.3 is 15.4 Å². The van der Waals surface area contributed by atoms with Gasteiger partial charge in [-0.05, 0) is 36.7 Å². The molecule has 0 saturated heterocycles. The van der Waals surface area contributed by atoms with Crippen LogP contribution in [0.3, 0.4) is 0 Å². The first-order valence-corrected chi connectivity index (χ1v) is 9.26. The van der Waals surface area contributed by atoms with E-state index in [9.17, 15) is 0 Å². The highest BCUT2D eigenvalue weighted by atomic mass is 16.5. The number of ether oxygens (including phenoxy) is 1. The second kappa shape index (κ2) is 10.7. The Morgan fingerprint density at radius 3 is 2.54 bits per heavy atom. The van der Waals surface area contributed by atoms with E-state index < -0.39 is 0 Å². The van der Waals surface area contributed by atoms with Gasteiger partial charge in [0, 0.05) is 18.9 Å². The molecule has 2 aromatic heterocycles. The molecule has 3 heterocycles. The first-order valence-electron chi connectivity index (χ1n) is 9.26. The monoisotopic (exact) mass is 373 g/mol. The summed E-state index contributed by atoms with van der Waals surface area (Å²) < 4.78 is 5.83. The average molecular weight is 373 g/mol. The molecule has 3 aromatic rings. The van der Waals surface area contributed by atoms with Gasteiger partial charge in [0.2, 0.25) is 5.88 Å². The molecule has 0 radical (unpaired) electrons. The smallest absolute Gasteiger partial charge is 0.237 e. The Morgan fingerprint density at radius 2 is 1.86 bits per heavy atom. The van der Waals surface area contributed by atoms with Crippen LogP contribution in [-0.2, 0) is 6.42 Å². The van der Waals surface area contributed by atoms with Crippen molar-refractivity contribution in [1.82, 2.24) is 15.3 Å². The van der Waals surface area contributed by atoms with E-state index in [0.29, 0.717) is 11.6 Å². The normalized spacial score (nSPS) is 14.3. The first-order chi connectivity index (χ1) is 13.8. The number of benzene rings is 1. The summed E-state index contributed by atoms with van der Waals surface area (Å²) in [5, 5.41) is 15.4. The number of nitrogens with zero attached hydrogens (tertiary/aromatic N) is 3. The molecule has 0 fully saturated rings. The minimum atomic E-state index is 0.0708. The van der Waals surface area contributed by atoms with Crippen LogP contribution in [0.4, 0.5) is 5.69 Å². The van der Waals surface area contributed by atoms with Gasteiger partial charge in [0.15, 0.2) is 0 Å². The number of nitrogens with one attached hydrogen (secondary N) is 2. The lowest BCUT2D eigenvalue weighted by atomic mass is 10.2. The highest BCUT2D eigenvalue weighted by Crippen LogP contribution is 2.24. The third-order valence-electron chi connectivity index (χ3n) is 4.14. The van der Waals surface area contributed by atoms with Crippen LogP contribution in [0.5, 0.6) is 5.88 Å². The molecule has 0 spiro atoms. The van der Waals surface area contributed by atoms with Crippen molar-refractivity contribution in [2.75, 3.05) is 25.0 Å². The number of anilines is 1. The molecule has 6 heteroatoms. The molecule has 1 unspecified atom stereocenters. The van der Waals surface area contributed by atoms with Crippen molar-refractivity contribution in [1.29, 1.82) is 5.26 Å². The molecule has 4 rings (SSSR count). The maximum atomic E-state index is 8.71. The van der Waals surface area contributed by atoms with Gasteiger partial charge in [-0.3, -0.25) is 0 Å². The predicted molar refractivity (Wildman–Crippen MR) is 109 cm³/mol. The van der Waals surface area contributed by atoms with Gasteiger partial charge in [-0.25, -0.2) is 9.97 Å². The molecule has 0 aliphatic carbocycles. The third-order valence-corrected chi connectivity index (χ3v) is 4.14. The number of aromatic nitrogens is 2. The van der Waals surface area contributed by atoms with Crippen LogP contribution in [-0.4, -0.2) is 35.7 Å². The number of pyridine rings is 2. The number of hydrogen-bond acceptors (Lipinski definition) is 6. The van der Waals surface area contributed by atoms with E-state index in [1.807, 2.05) is 60.7 Å². The lowest BCUT2D eigenvalue weighted by molar-refractivity contribution is 0.194. The fourth-order valence-electron chi connectivity index (χ4n) is 2.68. The Hall–Kier alpha value is -3.43. The Labute approximate surface area is 165 Å². The molecule has 2 N–H and O–H groups in total. The molecule has 0 amide bonds. The summed E-state index contributed by atoms with van der Waals surface area (Å²) in [5.74, 6) is 0.664. The summed E-state index contributed by atoms with van der Waals surface area (Å²) in [4.78, 5) is 8.27. The van der Waals surface area contributed by atoms with Crippen LogP contribution in [0.25, 0.3) is 0 Å². The Bertz CT molecular complexity index is 851. The van der Waals surface area contributed by atoms with Crippen LogP contribution < -0.4 is 15.4 Å². The van der Waals surface area contributed by atoms with Crippen molar-refractivity contribution in [3.05, 3.63) is 84.3 Å². The van der Waals surface area contributed by atoms with E-state index in [4.69, 9.17) is 10.00 Å². The zero-order valence-electron chi connectivity index (χ0n) is 15.6. The van der Waals surface area contributed by atoms with Crippen LogP contribution in [0, 0.1) is 11.3 Å². The fourth-order valence-corrected chi connectivity index (χ4v) is 2.68. The molecule has 0 saturated carbocycles. The minimum absolute atomic E-state index is 0.0708. The number of hydrogen-bond donors (Lipinski definition) is 2. The van der Waals surface area contributed by atoms with Crippen LogP contribution in [0.2, 0.25) is 0 Å². The zero-order valence-corrected chi connectivity index (χ0v) is 15.6. The Balaban J connectivity index is 0.000000320. The largest absolute Gasteiger partial charge is 0.470 e. The minimum Gasteiger partial charge on any atom is -0.470 e. The van der Waals surface area contributed by atoms with Crippen molar-refractivity contribution in [2.24, 2.45) is 0 Å².